The quantitative estimate of drug-likeness (QED) is 0.112. The Morgan fingerprint density at radius 3 is 0.966 bits per heavy atom. The van der Waals surface area contributed by atoms with E-state index in [4.69, 9.17) is 8.85 Å². The molecule has 0 atom stereocenters. The van der Waals surface area contributed by atoms with E-state index in [0.717, 1.165) is 13.2 Å². The Bertz CT molecular complexity index is 303. The van der Waals surface area contributed by atoms with Gasteiger partial charge in [-0.25, -0.2) is 0 Å². The van der Waals surface area contributed by atoms with Gasteiger partial charge in [-0.1, -0.05) is 129 Å². The molecule has 0 N–H and O–H groups in total. The first-order valence-corrected chi connectivity index (χ1v) is 15.8. The van der Waals surface area contributed by atoms with Gasteiger partial charge in [-0.3, -0.25) is 0 Å². The number of hydrogen-bond donors (Lipinski definition) is 0. The molecule has 2 nitrogen and oxygen atoms in total. The molecule has 0 heterocycles. The molecule has 0 bridgehead atoms. The van der Waals surface area contributed by atoms with E-state index in [9.17, 15) is 0 Å². The largest absolute Gasteiger partial charge is 0.394 e. The molecule has 0 unspecified atom stereocenters. The summed E-state index contributed by atoms with van der Waals surface area (Å²) < 4.78 is 12.6. The number of hydrogen-bond acceptors (Lipinski definition) is 2. The van der Waals surface area contributed by atoms with E-state index in [1.165, 1.54) is 128 Å². The summed E-state index contributed by atoms with van der Waals surface area (Å²) in [7, 11) is -1.95. The molecule has 0 radical (unpaired) electrons. The Morgan fingerprint density at radius 1 is 0.379 bits per heavy atom. The second-order valence-corrected chi connectivity index (χ2v) is 12.3. The molecule has 0 spiro atoms. The first-order valence-electron chi connectivity index (χ1n) is 13.5. The van der Waals surface area contributed by atoms with E-state index in [1.807, 2.05) is 0 Å². The summed E-state index contributed by atoms with van der Waals surface area (Å²) in [5.74, 6) is 0. The molecule has 0 aromatic carbocycles. The van der Waals surface area contributed by atoms with Gasteiger partial charge < -0.3 is 8.85 Å². The first-order chi connectivity index (χ1) is 14.2. The molecular weight excluding hydrogens is 372 g/mol. The van der Waals surface area contributed by atoms with Crippen molar-refractivity contribution < 1.29 is 8.85 Å². The predicted octanol–water partition coefficient (Wildman–Crippen LogP) is 9.56. The standard InChI is InChI=1S/C26H56O2Si/c1-5-9-11-13-14-15-16-17-18-19-20-21-22-24-26-29(27-7-3,28-8-4)25-23-12-10-6-2/h5-26H2,1-4H3. The molecule has 29 heavy (non-hydrogen) atoms. The summed E-state index contributed by atoms with van der Waals surface area (Å²) in [6.07, 6.45) is 25.2. The minimum absolute atomic E-state index is 0.818. The van der Waals surface area contributed by atoms with Crippen LogP contribution in [0.1, 0.15) is 143 Å². The van der Waals surface area contributed by atoms with Crippen LogP contribution in [-0.2, 0) is 8.85 Å². The third kappa shape index (κ3) is 18.6. The number of unbranched alkanes of at least 4 members (excludes halogenated alkanes) is 16. The monoisotopic (exact) mass is 428 g/mol. The Labute approximate surface area is 186 Å². The fourth-order valence-electron chi connectivity index (χ4n) is 4.39. The van der Waals surface area contributed by atoms with Crippen LogP contribution in [0.15, 0.2) is 0 Å². The van der Waals surface area contributed by atoms with Gasteiger partial charge >= 0.3 is 8.56 Å². The summed E-state index contributed by atoms with van der Waals surface area (Å²) in [5.41, 5.74) is 0. The van der Waals surface area contributed by atoms with Crippen molar-refractivity contribution in [3.8, 4) is 0 Å². The molecule has 0 fully saturated rings. The Balaban J connectivity index is 3.72. The number of rotatable bonds is 24. The second kappa shape index (κ2) is 22.8. The topological polar surface area (TPSA) is 18.5 Å². The molecule has 0 rings (SSSR count). The normalized spacial score (nSPS) is 12.0. The van der Waals surface area contributed by atoms with Crippen molar-refractivity contribution in [2.24, 2.45) is 0 Å². The van der Waals surface area contributed by atoms with Crippen molar-refractivity contribution in [1.29, 1.82) is 0 Å². The fraction of sp³-hybridized carbons (Fsp3) is 1.00. The van der Waals surface area contributed by atoms with Crippen molar-refractivity contribution >= 4 is 8.56 Å². The van der Waals surface area contributed by atoms with Crippen LogP contribution >= 0.6 is 0 Å². The van der Waals surface area contributed by atoms with Crippen LogP contribution in [0.25, 0.3) is 0 Å². The lowest BCUT2D eigenvalue weighted by Gasteiger charge is -2.30. The molecule has 0 saturated carbocycles. The zero-order valence-electron chi connectivity index (χ0n) is 20.9. The smallest absolute Gasteiger partial charge is 0.338 e. The average molecular weight is 429 g/mol. The summed E-state index contributed by atoms with van der Waals surface area (Å²) in [5, 5.41) is 0. The van der Waals surface area contributed by atoms with E-state index in [2.05, 4.69) is 27.7 Å². The van der Waals surface area contributed by atoms with E-state index in [1.54, 1.807) is 0 Å². The molecule has 0 aliphatic heterocycles. The summed E-state index contributed by atoms with van der Waals surface area (Å²) in [6.45, 7) is 10.5. The summed E-state index contributed by atoms with van der Waals surface area (Å²) in [6, 6.07) is 2.41. The molecule has 0 amide bonds. The van der Waals surface area contributed by atoms with E-state index >= 15 is 0 Å². The van der Waals surface area contributed by atoms with E-state index in [-0.39, 0.29) is 0 Å². The van der Waals surface area contributed by atoms with Gasteiger partial charge in [0.05, 0.1) is 0 Å². The second-order valence-electron chi connectivity index (χ2n) is 8.93. The van der Waals surface area contributed by atoms with Crippen molar-refractivity contribution in [3.63, 3.8) is 0 Å². The van der Waals surface area contributed by atoms with Crippen molar-refractivity contribution in [3.05, 3.63) is 0 Å². The molecule has 0 aromatic rings. The molecule has 176 valence electrons. The molecule has 0 aromatic heterocycles. The van der Waals surface area contributed by atoms with Crippen molar-refractivity contribution in [1.82, 2.24) is 0 Å². The van der Waals surface area contributed by atoms with Crippen molar-refractivity contribution in [2.45, 2.75) is 155 Å². The minimum atomic E-state index is -1.95. The van der Waals surface area contributed by atoms with Crippen LogP contribution in [0.3, 0.4) is 0 Å². The van der Waals surface area contributed by atoms with Gasteiger partial charge in [-0.05, 0) is 25.9 Å². The van der Waals surface area contributed by atoms with Gasteiger partial charge in [0.2, 0.25) is 0 Å². The summed E-state index contributed by atoms with van der Waals surface area (Å²) >= 11 is 0. The minimum Gasteiger partial charge on any atom is -0.394 e. The lowest BCUT2D eigenvalue weighted by atomic mass is 10.0. The third-order valence-electron chi connectivity index (χ3n) is 6.14. The van der Waals surface area contributed by atoms with Gasteiger partial charge in [-0.2, -0.15) is 0 Å². The van der Waals surface area contributed by atoms with Gasteiger partial charge in [0.15, 0.2) is 0 Å². The van der Waals surface area contributed by atoms with Crippen LogP contribution in [-0.4, -0.2) is 21.8 Å². The van der Waals surface area contributed by atoms with Crippen LogP contribution in [0, 0.1) is 0 Å². The Morgan fingerprint density at radius 2 is 0.655 bits per heavy atom. The first kappa shape index (κ1) is 29.1. The van der Waals surface area contributed by atoms with Crippen LogP contribution < -0.4 is 0 Å². The maximum Gasteiger partial charge on any atom is 0.338 e. The zero-order chi connectivity index (χ0) is 21.5. The van der Waals surface area contributed by atoms with Gasteiger partial charge in [-0.15, -0.1) is 0 Å². The predicted molar refractivity (Wildman–Crippen MR) is 133 cm³/mol. The molecular formula is C26H56O2Si. The van der Waals surface area contributed by atoms with Crippen LogP contribution in [0.5, 0.6) is 0 Å². The van der Waals surface area contributed by atoms with Crippen LogP contribution in [0.4, 0.5) is 0 Å². The Hall–Kier alpha value is 0.137. The van der Waals surface area contributed by atoms with Crippen LogP contribution in [0.2, 0.25) is 12.1 Å². The highest BCUT2D eigenvalue weighted by Crippen LogP contribution is 2.26. The lowest BCUT2D eigenvalue weighted by Crippen LogP contribution is -2.42. The van der Waals surface area contributed by atoms with E-state index in [0.29, 0.717) is 0 Å². The van der Waals surface area contributed by atoms with E-state index < -0.39 is 8.56 Å². The maximum atomic E-state index is 6.28. The highest BCUT2D eigenvalue weighted by atomic mass is 28.4. The molecule has 0 aliphatic carbocycles. The fourth-order valence-corrected chi connectivity index (χ4v) is 7.93. The third-order valence-corrected chi connectivity index (χ3v) is 10.00. The summed E-state index contributed by atoms with van der Waals surface area (Å²) in [4.78, 5) is 0. The maximum absolute atomic E-state index is 6.28. The molecule has 0 saturated heterocycles. The average Bonchev–Trinajstić information content (AvgIpc) is 2.72. The van der Waals surface area contributed by atoms with Gasteiger partial charge in [0, 0.05) is 13.2 Å². The molecule has 3 heteroatoms. The van der Waals surface area contributed by atoms with Crippen molar-refractivity contribution in [2.75, 3.05) is 13.2 Å². The van der Waals surface area contributed by atoms with Gasteiger partial charge in [0.25, 0.3) is 0 Å². The highest BCUT2D eigenvalue weighted by Gasteiger charge is 2.35. The molecule has 0 aliphatic rings. The van der Waals surface area contributed by atoms with Gasteiger partial charge in [0.1, 0.15) is 0 Å². The highest BCUT2D eigenvalue weighted by molar-refractivity contribution is 6.67. The lowest BCUT2D eigenvalue weighted by molar-refractivity contribution is 0.180. The Kier molecular flexibility index (Phi) is 22.9. The zero-order valence-corrected chi connectivity index (χ0v) is 21.9. The SMILES string of the molecule is CCCCCCCCCCCCCCCC[Si](CCCCCC)(OCC)OCC.